The number of rotatable bonds is 8. The van der Waals surface area contributed by atoms with E-state index >= 15 is 0 Å². The van der Waals surface area contributed by atoms with Crippen molar-refractivity contribution < 1.29 is 9.32 Å². The van der Waals surface area contributed by atoms with Gasteiger partial charge in [0, 0.05) is 24.1 Å². The van der Waals surface area contributed by atoms with Gasteiger partial charge in [-0.3, -0.25) is 4.79 Å². The Morgan fingerprint density at radius 1 is 1.27 bits per heavy atom. The molecule has 1 aromatic carbocycles. The molecule has 0 aliphatic heterocycles. The molecule has 6 heteroatoms. The van der Waals surface area contributed by atoms with Crippen LogP contribution in [0.3, 0.4) is 0 Å². The van der Waals surface area contributed by atoms with Crippen LogP contribution < -0.4 is 11.1 Å². The van der Waals surface area contributed by atoms with Gasteiger partial charge in [-0.15, -0.1) is 0 Å². The van der Waals surface area contributed by atoms with Gasteiger partial charge in [-0.05, 0) is 31.5 Å². The summed E-state index contributed by atoms with van der Waals surface area (Å²) in [5.74, 6) is 1.06. The Morgan fingerprint density at radius 2 is 2.05 bits per heavy atom. The molecule has 1 heterocycles. The lowest BCUT2D eigenvalue weighted by Gasteiger charge is -2.04. The summed E-state index contributed by atoms with van der Waals surface area (Å²) < 4.78 is 5.17. The zero-order valence-electron chi connectivity index (χ0n) is 12.8. The minimum Gasteiger partial charge on any atom is -0.352 e. The fourth-order valence-electron chi connectivity index (χ4n) is 1.98. The maximum absolute atomic E-state index is 11.9. The van der Waals surface area contributed by atoms with Gasteiger partial charge in [-0.1, -0.05) is 30.6 Å². The molecule has 0 saturated heterocycles. The maximum Gasteiger partial charge on any atom is 0.251 e. The third-order valence-electron chi connectivity index (χ3n) is 3.28. The molecule has 2 rings (SSSR count). The van der Waals surface area contributed by atoms with Gasteiger partial charge in [0.05, 0.1) is 0 Å². The number of hydrogen-bond donors (Lipinski definition) is 2. The van der Waals surface area contributed by atoms with E-state index in [-0.39, 0.29) is 5.91 Å². The van der Waals surface area contributed by atoms with E-state index in [0.29, 0.717) is 36.8 Å². The largest absolute Gasteiger partial charge is 0.352 e. The van der Waals surface area contributed by atoms with Crippen molar-refractivity contribution in [1.29, 1.82) is 0 Å². The molecule has 3 N–H and O–H groups in total. The predicted molar refractivity (Wildman–Crippen MR) is 84.4 cm³/mol. The Labute approximate surface area is 130 Å². The molecule has 6 nitrogen and oxygen atoms in total. The Balaban J connectivity index is 1.99. The number of benzene rings is 1. The number of carbonyl (C=O) groups excluding carboxylic acids is 1. The number of amides is 1. The van der Waals surface area contributed by atoms with Crippen LogP contribution in [-0.2, 0) is 6.42 Å². The number of nitrogens with two attached hydrogens (primary N) is 1. The quantitative estimate of drug-likeness (QED) is 0.729. The summed E-state index contributed by atoms with van der Waals surface area (Å²) >= 11 is 0. The molecule has 0 spiro atoms. The molecule has 2 aromatic rings. The fraction of sp³-hybridized carbons (Fsp3) is 0.438. The lowest BCUT2D eigenvalue weighted by molar-refractivity contribution is 0.0953. The number of aromatic nitrogens is 2. The Morgan fingerprint density at radius 3 is 2.73 bits per heavy atom. The molecular weight excluding hydrogens is 280 g/mol. The van der Waals surface area contributed by atoms with E-state index in [0.717, 1.165) is 24.8 Å². The van der Waals surface area contributed by atoms with Gasteiger partial charge in [0.25, 0.3) is 5.91 Å². The van der Waals surface area contributed by atoms with E-state index in [1.165, 1.54) is 0 Å². The first kappa shape index (κ1) is 16.2. The Kier molecular flexibility index (Phi) is 6.09. The predicted octanol–water partition coefficient (Wildman–Crippen LogP) is 2.16. The van der Waals surface area contributed by atoms with E-state index in [4.69, 9.17) is 10.3 Å². The van der Waals surface area contributed by atoms with Gasteiger partial charge in [-0.2, -0.15) is 4.98 Å². The SMILES string of the molecule is CCCCNC(=O)c1ccc(-c2noc(CCCN)n2)cc1. The zero-order valence-corrected chi connectivity index (χ0v) is 12.8. The summed E-state index contributed by atoms with van der Waals surface area (Å²) in [7, 11) is 0. The highest BCUT2D eigenvalue weighted by molar-refractivity contribution is 5.94. The van der Waals surface area contributed by atoms with E-state index in [1.807, 2.05) is 12.1 Å². The molecule has 0 unspecified atom stereocenters. The van der Waals surface area contributed by atoms with Crippen LogP contribution >= 0.6 is 0 Å². The van der Waals surface area contributed by atoms with Gasteiger partial charge in [-0.25, -0.2) is 0 Å². The lowest BCUT2D eigenvalue weighted by atomic mass is 10.1. The third kappa shape index (κ3) is 4.39. The average molecular weight is 302 g/mol. The molecule has 0 saturated carbocycles. The van der Waals surface area contributed by atoms with Gasteiger partial charge >= 0.3 is 0 Å². The number of aryl methyl sites for hydroxylation is 1. The molecule has 0 radical (unpaired) electrons. The van der Waals surface area contributed by atoms with Gasteiger partial charge < -0.3 is 15.6 Å². The molecule has 22 heavy (non-hydrogen) atoms. The van der Waals surface area contributed by atoms with Crippen molar-refractivity contribution in [3.63, 3.8) is 0 Å². The molecule has 1 aromatic heterocycles. The smallest absolute Gasteiger partial charge is 0.251 e. The molecule has 0 bridgehead atoms. The fourth-order valence-corrected chi connectivity index (χ4v) is 1.98. The lowest BCUT2D eigenvalue weighted by Crippen LogP contribution is -2.24. The Bertz CT molecular complexity index is 592. The summed E-state index contributed by atoms with van der Waals surface area (Å²) in [4.78, 5) is 16.2. The number of hydrogen-bond acceptors (Lipinski definition) is 5. The summed E-state index contributed by atoms with van der Waals surface area (Å²) in [6.07, 6.45) is 3.54. The van der Waals surface area contributed by atoms with Crippen molar-refractivity contribution in [3.05, 3.63) is 35.7 Å². The van der Waals surface area contributed by atoms with Gasteiger partial charge in [0.2, 0.25) is 11.7 Å². The third-order valence-corrected chi connectivity index (χ3v) is 3.28. The first-order valence-corrected chi connectivity index (χ1v) is 7.66. The average Bonchev–Trinajstić information content (AvgIpc) is 3.02. The van der Waals surface area contributed by atoms with Crippen molar-refractivity contribution in [1.82, 2.24) is 15.5 Å². The molecule has 118 valence electrons. The molecule has 0 aliphatic rings. The van der Waals surface area contributed by atoms with Crippen LogP contribution in [0, 0.1) is 0 Å². The first-order valence-electron chi connectivity index (χ1n) is 7.66. The molecular formula is C16H22N4O2. The normalized spacial score (nSPS) is 10.6. The van der Waals surface area contributed by atoms with Crippen molar-refractivity contribution >= 4 is 5.91 Å². The number of unbranched alkanes of at least 4 members (excludes halogenated alkanes) is 1. The summed E-state index contributed by atoms with van der Waals surface area (Å²) in [6, 6.07) is 7.19. The van der Waals surface area contributed by atoms with Crippen LogP contribution in [0.2, 0.25) is 0 Å². The summed E-state index contributed by atoms with van der Waals surface area (Å²) in [5.41, 5.74) is 6.91. The molecule has 0 fully saturated rings. The standard InChI is InChI=1S/C16H22N4O2/c1-2-3-11-18-16(21)13-8-6-12(7-9-13)15-19-14(22-20-15)5-4-10-17/h6-9H,2-5,10-11,17H2,1H3,(H,18,21). The minimum absolute atomic E-state index is 0.0586. The molecule has 0 aliphatic carbocycles. The van der Waals surface area contributed by atoms with E-state index in [9.17, 15) is 4.79 Å². The van der Waals surface area contributed by atoms with Crippen LogP contribution in [0.4, 0.5) is 0 Å². The van der Waals surface area contributed by atoms with E-state index in [1.54, 1.807) is 12.1 Å². The van der Waals surface area contributed by atoms with E-state index < -0.39 is 0 Å². The van der Waals surface area contributed by atoms with Crippen molar-refractivity contribution in [2.24, 2.45) is 5.73 Å². The van der Waals surface area contributed by atoms with Crippen LogP contribution in [0.1, 0.15) is 42.4 Å². The van der Waals surface area contributed by atoms with Gasteiger partial charge in [0.15, 0.2) is 0 Å². The highest BCUT2D eigenvalue weighted by Crippen LogP contribution is 2.17. The highest BCUT2D eigenvalue weighted by atomic mass is 16.5. The minimum atomic E-state index is -0.0586. The number of carbonyl (C=O) groups is 1. The van der Waals surface area contributed by atoms with Gasteiger partial charge in [0.1, 0.15) is 0 Å². The topological polar surface area (TPSA) is 94.0 Å². The van der Waals surface area contributed by atoms with Crippen molar-refractivity contribution in [2.45, 2.75) is 32.6 Å². The number of nitrogens with one attached hydrogen (secondary N) is 1. The first-order chi connectivity index (χ1) is 10.7. The summed E-state index contributed by atoms with van der Waals surface area (Å²) in [5, 5.41) is 6.83. The second-order valence-corrected chi connectivity index (χ2v) is 5.09. The Hall–Kier alpha value is -2.21. The zero-order chi connectivity index (χ0) is 15.8. The molecule has 0 atom stereocenters. The van der Waals surface area contributed by atoms with Crippen molar-refractivity contribution in [2.75, 3.05) is 13.1 Å². The van der Waals surface area contributed by atoms with Crippen LogP contribution in [0.5, 0.6) is 0 Å². The summed E-state index contributed by atoms with van der Waals surface area (Å²) in [6.45, 7) is 3.39. The second kappa shape index (κ2) is 8.29. The van der Waals surface area contributed by atoms with E-state index in [2.05, 4.69) is 22.4 Å². The highest BCUT2D eigenvalue weighted by Gasteiger charge is 2.10. The van der Waals surface area contributed by atoms with Crippen LogP contribution in [-0.4, -0.2) is 29.1 Å². The van der Waals surface area contributed by atoms with Crippen LogP contribution in [0.15, 0.2) is 28.8 Å². The second-order valence-electron chi connectivity index (χ2n) is 5.09. The monoisotopic (exact) mass is 302 g/mol. The molecule has 1 amide bonds. The number of nitrogens with zero attached hydrogens (tertiary/aromatic N) is 2. The van der Waals surface area contributed by atoms with Crippen molar-refractivity contribution in [3.8, 4) is 11.4 Å². The maximum atomic E-state index is 11.9. The van der Waals surface area contributed by atoms with Crippen LogP contribution in [0.25, 0.3) is 11.4 Å².